The molecule has 0 saturated heterocycles. The second-order valence-electron chi connectivity index (χ2n) is 5.97. The molecule has 3 rings (SSSR count). The van der Waals surface area contributed by atoms with Crippen LogP contribution in [-0.2, 0) is 0 Å². The lowest BCUT2D eigenvalue weighted by molar-refractivity contribution is -0.384. The summed E-state index contributed by atoms with van der Waals surface area (Å²) in [5.41, 5.74) is 0.790. The Hall–Kier alpha value is -3.42. The zero-order valence-electron chi connectivity index (χ0n) is 14.6. The minimum absolute atomic E-state index is 0.0552. The van der Waals surface area contributed by atoms with Crippen LogP contribution in [0.5, 0.6) is 0 Å². The monoisotopic (exact) mass is 353 g/mol. The van der Waals surface area contributed by atoms with E-state index in [1.54, 1.807) is 34.7 Å². The van der Waals surface area contributed by atoms with Gasteiger partial charge in [0.2, 0.25) is 5.82 Å². The number of anilines is 1. The highest BCUT2D eigenvalue weighted by Gasteiger charge is 2.19. The van der Waals surface area contributed by atoms with Crippen molar-refractivity contribution in [1.82, 2.24) is 14.5 Å². The van der Waals surface area contributed by atoms with Crippen LogP contribution in [0.2, 0.25) is 0 Å². The average molecular weight is 353 g/mol. The van der Waals surface area contributed by atoms with Crippen molar-refractivity contribution in [2.24, 2.45) is 0 Å². The van der Waals surface area contributed by atoms with Crippen molar-refractivity contribution in [2.45, 2.75) is 0 Å². The van der Waals surface area contributed by atoms with Gasteiger partial charge in [-0.05, 0) is 18.2 Å². The largest absolute Gasteiger partial charge is 0.352 e. The van der Waals surface area contributed by atoms with Crippen LogP contribution in [0.4, 0.5) is 16.3 Å². The van der Waals surface area contributed by atoms with Crippen molar-refractivity contribution in [1.29, 1.82) is 0 Å². The molecular weight excluding hydrogens is 334 g/mol. The molecule has 8 heteroatoms. The molecule has 0 saturated carbocycles. The molecule has 0 aliphatic carbocycles. The van der Waals surface area contributed by atoms with Crippen LogP contribution in [0, 0.1) is 10.1 Å². The number of rotatable bonds is 5. The smallest absolute Gasteiger partial charge is 0.328 e. The molecule has 0 fully saturated rings. The van der Waals surface area contributed by atoms with Gasteiger partial charge in [0.25, 0.3) is 0 Å². The van der Waals surface area contributed by atoms with Gasteiger partial charge in [0.05, 0.1) is 10.4 Å². The Kier molecular flexibility index (Phi) is 4.83. The SMILES string of the molecule is CN(CCN(C)c1ncccc1[N+](=O)[O-])C(=O)n1ccc2ccccc21. The van der Waals surface area contributed by atoms with Gasteiger partial charge in [-0.1, -0.05) is 18.2 Å². The molecule has 0 unspecified atom stereocenters. The first-order valence-electron chi connectivity index (χ1n) is 8.11. The number of para-hydroxylation sites is 1. The third-order valence-corrected chi connectivity index (χ3v) is 4.23. The van der Waals surface area contributed by atoms with E-state index >= 15 is 0 Å². The maximum Gasteiger partial charge on any atom is 0.328 e. The summed E-state index contributed by atoms with van der Waals surface area (Å²) in [5.74, 6) is 0.282. The van der Waals surface area contributed by atoms with Crippen molar-refractivity contribution in [3.63, 3.8) is 0 Å². The fourth-order valence-corrected chi connectivity index (χ4v) is 2.76. The number of aromatic nitrogens is 2. The van der Waals surface area contributed by atoms with Crippen molar-refractivity contribution >= 4 is 28.4 Å². The van der Waals surface area contributed by atoms with Gasteiger partial charge < -0.3 is 9.80 Å². The van der Waals surface area contributed by atoms with Crippen molar-refractivity contribution < 1.29 is 9.72 Å². The van der Waals surface area contributed by atoms with Gasteiger partial charge in [0.1, 0.15) is 0 Å². The molecule has 0 spiro atoms. The predicted octanol–water partition coefficient (Wildman–Crippen LogP) is 2.98. The molecule has 26 heavy (non-hydrogen) atoms. The highest BCUT2D eigenvalue weighted by atomic mass is 16.6. The fourth-order valence-electron chi connectivity index (χ4n) is 2.76. The number of carbonyl (C=O) groups is 1. The summed E-state index contributed by atoms with van der Waals surface area (Å²) < 4.78 is 1.60. The van der Waals surface area contributed by atoms with E-state index in [1.807, 2.05) is 30.3 Å². The summed E-state index contributed by atoms with van der Waals surface area (Å²) in [7, 11) is 3.43. The molecule has 1 aromatic carbocycles. The van der Waals surface area contributed by atoms with Crippen LogP contribution >= 0.6 is 0 Å². The zero-order chi connectivity index (χ0) is 18.7. The van der Waals surface area contributed by atoms with Gasteiger partial charge in [-0.2, -0.15) is 0 Å². The molecule has 3 aromatic rings. The zero-order valence-corrected chi connectivity index (χ0v) is 14.6. The van der Waals surface area contributed by atoms with Crippen molar-refractivity contribution in [3.8, 4) is 0 Å². The van der Waals surface area contributed by atoms with Crippen molar-refractivity contribution in [3.05, 3.63) is 65.0 Å². The Morgan fingerprint density at radius 2 is 1.92 bits per heavy atom. The predicted molar refractivity (Wildman–Crippen MR) is 99.5 cm³/mol. The minimum atomic E-state index is -0.459. The number of nitro groups is 1. The quantitative estimate of drug-likeness (QED) is 0.520. The number of carbonyl (C=O) groups excluding carboxylic acids is 1. The molecule has 2 aromatic heterocycles. The Bertz CT molecular complexity index is 953. The molecule has 1 amide bonds. The van der Waals surface area contributed by atoms with E-state index in [1.165, 1.54) is 18.3 Å². The summed E-state index contributed by atoms with van der Waals surface area (Å²) >= 11 is 0. The lowest BCUT2D eigenvalue weighted by atomic mass is 10.2. The van der Waals surface area contributed by atoms with Gasteiger partial charge in [-0.3, -0.25) is 14.7 Å². The second kappa shape index (κ2) is 7.22. The van der Waals surface area contributed by atoms with E-state index in [2.05, 4.69) is 4.98 Å². The summed E-state index contributed by atoms with van der Waals surface area (Å²) in [6.45, 7) is 0.814. The van der Waals surface area contributed by atoms with E-state index in [0.29, 0.717) is 13.1 Å². The minimum Gasteiger partial charge on any atom is -0.352 e. The molecule has 8 nitrogen and oxygen atoms in total. The van der Waals surface area contributed by atoms with E-state index in [-0.39, 0.29) is 17.5 Å². The van der Waals surface area contributed by atoms with Crippen LogP contribution in [0.15, 0.2) is 54.9 Å². The van der Waals surface area contributed by atoms with Gasteiger partial charge in [0.15, 0.2) is 0 Å². The average Bonchev–Trinajstić information content (AvgIpc) is 3.09. The number of hydrogen-bond donors (Lipinski definition) is 0. The van der Waals surface area contributed by atoms with E-state index < -0.39 is 4.92 Å². The normalized spacial score (nSPS) is 10.7. The Morgan fingerprint density at radius 1 is 1.15 bits per heavy atom. The number of benzene rings is 1. The van der Waals surface area contributed by atoms with Crippen LogP contribution in [0.25, 0.3) is 10.9 Å². The number of pyridine rings is 1. The molecule has 0 N–H and O–H groups in total. The maximum absolute atomic E-state index is 12.7. The molecule has 0 radical (unpaired) electrons. The summed E-state index contributed by atoms with van der Waals surface area (Å²) in [4.78, 5) is 30.7. The molecule has 0 aliphatic heterocycles. The number of amides is 1. The third-order valence-electron chi connectivity index (χ3n) is 4.23. The first-order valence-corrected chi connectivity index (χ1v) is 8.11. The van der Waals surface area contributed by atoms with Gasteiger partial charge in [0, 0.05) is 51.0 Å². The Balaban J connectivity index is 1.70. The van der Waals surface area contributed by atoms with E-state index in [4.69, 9.17) is 0 Å². The summed E-state index contributed by atoms with van der Waals surface area (Å²) in [6.07, 6.45) is 3.26. The summed E-state index contributed by atoms with van der Waals surface area (Å²) in [6, 6.07) is 12.3. The van der Waals surface area contributed by atoms with Crippen LogP contribution in [0.3, 0.4) is 0 Å². The van der Waals surface area contributed by atoms with E-state index in [0.717, 1.165) is 10.9 Å². The van der Waals surface area contributed by atoms with Crippen LogP contribution < -0.4 is 4.90 Å². The Morgan fingerprint density at radius 3 is 2.69 bits per heavy atom. The maximum atomic E-state index is 12.7. The van der Waals surface area contributed by atoms with Gasteiger partial charge in [-0.25, -0.2) is 9.78 Å². The second-order valence-corrected chi connectivity index (χ2v) is 5.97. The molecular formula is C18H19N5O3. The Labute approximate surface area is 150 Å². The highest BCUT2D eigenvalue weighted by molar-refractivity contribution is 5.91. The third kappa shape index (κ3) is 3.34. The molecule has 0 bridgehead atoms. The van der Waals surface area contributed by atoms with Crippen molar-refractivity contribution in [2.75, 3.05) is 32.1 Å². The van der Waals surface area contributed by atoms with Crippen LogP contribution in [0.1, 0.15) is 0 Å². The van der Waals surface area contributed by atoms with Gasteiger partial charge >= 0.3 is 11.7 Å². The van der Waals surface area contributed by atoms with Crippen LogP contribution in [-0.4, -0.2) is 52.6 Å². The van der Waals surface area contributed by atoms with E-state index in [9.17, 15) is 14.9 Å². The number of nitrogens with zero attached hydrogens (tertiary/aromatic N) is 5. The lowest BCUT2D eigenvalue weighted by Gasteiger charge is -2.23. The number of likely N-dealkylation sites (N-methyl/N-ethyl adjacent to an activating group) is 2. The summed E-state index contributed by atoms with van der Waals surface area (Å²) in [5, 5.41) is 12.1. The topological polar surface area (TPSA) is 84.5 Å². The number of hydrogen-bond acceptors (Lipinski definition) is 5. The number of fused-ring (bicyclic) bond motifs is 1. The molecule has 134 valence electrons. The first-order chi connectivity index (χ1) is 12.5. The molecule has 0 atom stereocenters. The first kappa shape index (κ1) is 17.4. The highest BCUT2D eigenvalue weighted by Crippen LogP contribution is 2.23. The fraction of sp³-hybridized carbons (Fsp3) is 0.222. The van der Waals surface area contributed by atoms with Gasteiger partial charge in [-0.15, -0.1) is 0 Å². The molecule has 2 heterocycles. The standard InChI is InChI=1S/C18H19N5O3/c1-20(17-16(23(25)26)8-5-10-19-17)12-13-21(2)18(24)22-11-9-14-6-3-4-7-15(14)22/h3-11H,12-13H2,1-2H3. The lowest BCUT2D eigenvalue weighted by Crippen LogP contribution is -2.37. The molecule has 0 aliphatic rings.